The number of amides is 1. The van der Waals surface area contributed by atoms with Gasteiger partial charge in [-0.3, -0.25) is 14.2 Å². The number of hydrogen-bond donors (Lipinski definition) is 0. The molecule has 1 aromatic carbocycles. The minimum atomic E-state index is 0.118. The minimum absolute atomic E-state index is 0.118. The Morgan fingerprint density at radius 2 is 1.73 bits per heavy atom. The van der Waals surface area contributed by atoms with Gasteiger partial charge in [-0.2, -0.15) is 10.2 Å². The Bertz CT molecular complexity index is 824. The summed E-state index contributed by atoms with van der Waals surface area (Å²) in [6.07, 6.45) is 10.7. The molecule has 6 heteroatoms. The first-order chi connectivity index (χ1) is 12.8. The van der Waals surface area contributed by atoms with Crippen molar-refractivity contribution in [3.8, 4) is 0 Å². The second kappa shape index (κ2) is 7.56. The first-order valence-corrected chi connectivity index (χ1v) is 9.14. The summed E-state index contributed by atoms with van der Waals surface area (Å²) >= 11 is 0. The normalized spacial score (nSPS) is 17.4. The molecule has 6 nitrogen and oxygen atoms in total. The van der Waals surface area contributed by atoms with Gasteiger partial charge in [0.15, 0.2) is 0 Å². The van der Waals surface area contributed by atoms with Gasteiger partial charge in [0.1, 0.15) is 0 Å². The maximum atomic E-state index is 13.0. The van der Waals surface area contributed by atoms with Crippen LogP contribution in [-0.4, -0.2) is 43.0 Å². The fraction of sp³-hybridized carbons (Fsp3) is 0.350. The third-order valence-corrected chi connectivity index (χ3v) is 4.95. The second-order valence-electron chi connectivity index (χ2n) is 6.78. The van der Waals surface area contributed by atoms with Gasteiger partial charge in [-0.05, 0) is 49.1 Å². The van der Waals surface area contributed by atoms with E-state index in [0.717, 1.165) is 37.1 Å². The van der Waals surface area contributed by atoms with Crippen LogP contribution in [0.3, 0.4) is 0 Å². The van der Waals surface area contributed by atoms with E-state index in [2.05, 4.69) is 10.2 Å². The first kappa shape index (κ1) is 16.6. The second-order valence-corrected chi connectivity index (χ2v) is 6.78. The number of piperidine rings is 1. The summed E-state index contributed by atoms with van der Waals surface area (Å²) in [6, 6.07) is 11.9. The average Bonchev–Trinajstić information content (AvgIpc) is 3.37. The Morgan fingerprint density at radius 3 is 2.42 bits per heavy atom. The molecule has 0 spiro atoms. The van der Waals surface area contributed by atoms with Gasteiger partial charge in [0, 0.05) is 36.9 Å². The molecule has 3 heterocycles. The van der Waals surface area contributed by atoms with Crippen molar-refractivity contribution in [2.24, 2.45) is 0 Å². The van der Waals surface area contributed by atoms with E-state index in [1.165, 1.54) is 6.42 Å². The molecule has 26 heavy (non-hydrogen) atoms. The third kappa shape index (κ3) is 3.69. The lowest BCUT2D eigenvalue weighted by molar-refractivity contribution is 0.0584. The Hall–Kier alpha value is -2.89. The molecule has 0 aliphatic carbocycles. The number of likely N-dealkylation sites (tertiary alicyclic amines) is 1. The SMILES string of the molecule is O=C(c1ccc(Cn2cccn2)cc1)N1CCCCC1Cn1cccn1. The van der Waals surface area contributed by atoms with Gasteiger partial charge in [-0.1, -0.05) is 12.1 Å². The molecule has 1 amide bonds. The van der Waals surface area contributed by atoms with Crippen LogP contribution >= 0.6 is 0 Å². The fourth-order valence-corrected chi connectivity index (χ4v) is 3.58. The topological polar surface area (TPSA) is 56.0 Å². The van der Waals surface area contributed by atoms with Gasteiger partial charge in [0.05, 0.1) is 19.1 Å². The van der Waals surface area contributed by atoms with Crippen LogP contribution in [0.15, 0.2) is 61.2 Å². The summed E-state index contributed by atoms with van der Waals surface area (Å²) in [7, 11) is 0. The molecule has 134 valence electrons. The van der Waals surface area contributed by atoms with E-state index in [1.54, 1.807) is 12.4 Å². The summed E-state index contributed by atoms with van der Waals surface area (Å²) in [4.78, 5) is 15.1. The lowest BCUT2D eigenvalue weighted by atomic mass is 10.0. The molecule has 2 aromatic heterocycles. The van der Waals surface area contributed by atoms with Crippen molar-refractivity contribution in [1.82, 2.24) is 24.5 Å². The Labute approximate surface area is 153 Å². The predicted octanol–water partition coefficient (Wildman–Crippen LogP) is 2.82. The summed E-state index contributed by atoms with van der Waals surface area (Å²) in [5.74, 6) is 0.118. The Morgan fingerprint density at radius 1 is 1.00 bits per heavy atom. The smallest absolute Gasteiger partial charge is 0.254 e. The Balaban J connectivity index is 1.46. The molecule has 0 bridgehead atoms. The number of carbonyl (C=O) groups is 1. The average molecular weight is 349 g/mol. The van der Waals surface area contributed by atoms with Crippen LogP contribution in [0.1, 0.15) is 35.2 Å². The van der Waals surface area contributed by atoms with Crippen LogP contribution in [0, 0.1) is 0 Å². The van der Waals surface area contributed by atoms with Crippen molar-refractivity contribution in [2.75, 3.05) is 6.54 Å². The lowest BCUT2D eigenvalue weighted by Crippen LogP contribution is -2.45. The van der Waals surface area contributed by atoms with E-state index in [1.807, 2.05) is 63.1 Å². The summed E-state index contributed by atoms with van der Waals surface area (Å²) < 4.78 is 3.80. The maximum Gasteiger partial charge on any atom is 0.254 e. The van der Waals surface area contributed by atoms with Crippen molar-refractivity contribution in [1.29, 1.82) is 0 Å². The minimum Gasteiger partial charge on any atom is -0.334 e. The number of aromatic nitrogens is 4. The molecule has 4 rings (SSSR count). The highest BCUT2D eigenvalue weighted by Gasteiger charge is 2.27. The zero-order valence-electron chi connectivity index (χ0n) is 14.7. The lowest BCUT2D eigenvalue weighted by Gasteiger charge is -2.35. The number of carbonyl (C=O) groups excluding carboxylic acids is 1. The van der Waals surface area contributed by atoms with Gasteiger partial charge in [-0.25, -0.2) is 0 Å². The zero-order valence-corrected chi connectivity index (χ0v) is 14.7. The van der Waals surface area contributed by atoms with E-state index in [0.29, 0.717) is 6.54 Å². The highest BCUT2D eigenvalue weighted by Crippen LogP contribution is 2.21. The van der Waals surface area contributed by atoms with Gasteiger partial charge >= 0.3 is 0 Å². The summed E-state index contributed by atoms with van der Waals surface area (Å²) in [5, 5.41) is 8.52. The molecular formula is C20H23N5O. The molecule has 1 unspecified atom stereocenters. The van der Waals surface area contributed by atoms with Gasteiger partial charge in [-0.15, -0.1) is 0 Å². The van der Waals surface area contributed by atoms with Crippen molar-refractivity contribution < 1.29 is 4.79 Å². The van der Waals surface area contributed by atoms with Crippen LogP contribution in [0.4, 0.5) is 0 Å². The molecule has 1 aliphatic rings. The van der Waals surface area contributed by atoms with E-state index < -0.39 is 0 Å². The predicted molar refractivity (Wildman–Crippen MR) is 98.7 cm³/mol. The molecule has 1 aliphatic heterocycles. The van der Waals surface area contributed by atoms with E-state index in [9.17, 15) is 4.79 Å². The molecule has 3 aromatic rings. The third-order valence-electron chi connectivity index (χ3n) is 4.95. The molecule has 1 fully saturated rings. The summed E-state index contributed by atoms with van der Waals surface area (Å²) in [5.41, 5.74) is 1.89. The quantitative estimate of drug-likeness (QED) is 0.712. The Kier molecular flexibility index (Phi) is 4.82. The van der Waals surface area contributed by atoms with Crippen LogP contribution in [-0.2, 0) is 13.1 Å². The van der Waals surface area contributed by atoms with E-state index in [4.69, 9.17) is 0 Å². The van der Waals surface area contributed by atoms with Gasteiger partial charge < -0.3 is 4.90 Å². The number of benzene rings is 1. The van der Waals surface area contributed by atoms with Crippen molar-refractivity contribution in [3.63, 3.8) is 0 Å². The molecule has 0 radical (unpaired) electrons. The highest BCUT2D eigenvalue weighted by atomic mass is 16.2. The fourth-order valence-electron chi connectivity index (χ4n) is 3.58. The molecular weight excluding hydrogens is 326 g/mol. The standard InChI is InChI=1S/C20H23N5O/c26-20(18-8-6-17(7-9-18)15-23-12-3-10-21-23)25-14-2-1-5-19(25)16-24-13-4-11-22-24/h3-4,6-13,19H,1-2,5,14-16H2. The largest absolute Gasteiger partial charge is 0.334 e. The molecule has 0 saturated carbocycles. The van der Waals surface area contributed by atoms with Crippen LogP contribution in [0.5, 0.6) is 0 Å². The molecule has 1 atom stereocenters. The van der Waals surface area contributed by atoms with Gasteiger partial charge in [0.25, 0.3) is 5.91 Å². The number of rotatable bonds is 5. The van der Waals surface area contributed by atoms with Crippen molar-refractivity contribution in [3.05, 3.63) is 72.3 Å². The van der Waals surface area contributed by atoms with Crippen LogP contribution < -0.4 is 0 Å². The van der Waals surface area contributed by atoms with Gasteiger partial charge in [0.2, 0.25) is 0 Å². The number of nitrogens with zero attached hydrogens (tertiary/aromatic N) is 5. The van der Waals surface area contributed by atoms with Crippen LogP contribution in [0.2, 0.25) is 0 Å². The molecule has 0 N–H and O–H groups in total. The zero-order chi connectivity index (χ0) is 17.8. The number of hydrogen-bond acceptors (Lipinski definition) is 3. The summed E-state index contributed by atoms with van der Waals surface area (Å²) in [6.45, 7) is 2.29. The van der Waals surface area contributed by atoms with E-state index in [-0.39, 0.29) is 11.9 Å². The first-order valence-electron chi connectivity index (χ1n) is 9.14. The monoisotopic (exact) mass is 349 g/mol. The highest BCUT2D eigenvalue weighted by molar-refractivity contribution is 5.94. The molecule has 1 saturated heterocycles. The van der Waals surface area contributed by atoms with Crippen molar-refractivity contribution in [2.45, 2.75) is 38.4 Å². The van der Waals surface area contributed by atoms with E-state index >= 15 is 0 Å². The van der Waals surface area contributed by atoms with Crippen molar-refractivity contribution >= 4 is 5.91 Å². The van der Waals surface area contributed by atoms with Crippen LogP contribution in [0.25, 0.3) is 0 Å². The maximum absolute atomic E-state index is 13.0.